The van der Waals surface area contributed by atoms with Crippen LogP contribution >= 0.6 is 11.3 Å². The van der Waals surface area contributed by atoms with E-state index < -0.39 is 0 Å². The van der Waals surface area contributed by atoms with Crippen LogP contribution in [0.25, 0.3) is 0 Å². The van der Waals surface area contributed by atoms with E-state index in [1.54, 1.807) is 17.5 Å². The number of furan rings is 1. The normalized spacial score (nSPS) is 13.2. The molecule has 0 unspecified atom stereocenters. The second kappa shape index (κ2) is 7.73. The summed E-state index contributed by atoms with van der Waals surface area (Å²) in [6.07, 6.45) is 1.54. The highest BCUT2D eigenvalue weighted by atomic mass is 32.1. The highest BCUT2D eigenvalue weighted by molar-refractivity contribution is 7.14. The fourth-order valence-corrected chi connectivity index (χ4v) is 3.44. The SMILES string of the molecule is C[C@@H](NC(=O)Cc1csc(NC(=O)c2ccco2)n1)c1ccc2c(c1)OCO2. The molecule has 0 spiro atoms. The van der Waals surface area contributed by atoms with Crippen LogP contribution in [-0.4, -0.2) is 23.6 Å². The number of thiazole rings is 1. The number of benzene rings is 1. The number of nitrogens with one attached hydrogen (secondary N) is 2. The van der Waals surface area contributed by atoms with Gasteiger partial charge in [0.15, 0.2) is 22.4 Å². The quantitative estimate of drug-likeness (QED) is 0.660. The van der Waals surface area contributed by atoms with E-state index in [1.165, 1.54) is 17.6 Å². The minimum absolute atomic E-state index is 0.113. The van der Waals surface area contributed by atoms with E-state index in [0.29, 0.717) is 22.3 Å². The highest BCUT2D eigenvalue weighted by Crippen LogP contribution is 2.34. The average molecular weight is 399 g/mol. The van der Waals surface area contributed by atoms with Crippen LogP contribution in [0.1, 0.15) is 34.8 Å². The Morgan fingerprint density at radius 2 is 2.11 bits per heavy atom. The van der Waals surface area contributed by atoms with Crippen molar-refractivity contribution in [2.75, 3.05) is 12.1 Å². The molecule has 0 aliphatic carbocycles. The minimum Gasteiger partial charge on any atom is -0.459 e. The van der Waals surface area contributed by atoms with Gasteiger partial charge in [-0.25, -0.2) is 4.98 Å². The number of fused-ring (bicyclic) bond motifs is 1. The molecule has 0 saturated heterocycles. The van der Waals surface area contributed by atoms with E-state index in [4.69, 9.17) is 13.9 Å². The van der Waals surface area contributed by atoms with Crippen molar-refractivity contribution in [2.24, 2.45) is 0 Å². The van der Waals surface area contributed by atoms with Gasteiger partial charge < -0.3 is 19.2 Å². The van der Waals surface area contributed by atoms with Gasteiger partial charge in [0, 0.05) is 5.38 Å². The molecule has 28 heavy (non-hydrogen) atoms. The third-order valence-corrected chi connectivity index (χ3v) is 4.94. The van der Waals surface area contributed by atoms with E-state index in [0.717, 1.165) is 5.56 Å². The molecule has 9 heteroatoms. The van der Waals surface area contributed by atoms with Crippen molar-refractivity contribution in [3.8, 4) is 11.5 Å². The summed E-state index contributed by atoms with van der Waals surface area (Å²) in [5.41, 5.74) is 1.50. The third-order valence-electron chi connectivity index (χ3n) is 4.13. The van der Waals surface area contributed by atoms with Crippen LogP contribution in [0.3, 0.4) is 0 Å². The predicted octanol–water partition coefficient (Wildman–Crippen LogP) is 3.14. The number of carbonyl (C=O) groups excluding carboxylic acids is 2. The van der Waals surface area contributed by atoms with Crippen molar-refractivity contribution in [2.45, 2.75) is 19.4 Å². The molecular weight excluding hydrogens is 382 g/mol. The Balaban J connectivity index is 1.32. The number of carbonyl (C=O) groups is 2. The Hall–Kier alpha value is -3.33. The topological polar surface area (TPSA) is 103 Å². The fraction of sp³-hybridized carbons (Fsp3) is 0.211. The van der Waals surface area contributed by atoms with Gasteiger partial charge >= 0.3 is 0 Å². The Kier molecular flexibility index (Phi) is 4.98. The summed E-state index contributed by atoms with van der Waals surface area (Å²) in [6.45, 7) is 2.10. The Morgan fingerprint density at radius 1 is 1.25 bits per heavy atom. The first-order valence-corrected chi connectivity index (χ1v) is 9.44. The number of nitrogens with zero attached hydrogens (tertiary/aromatic N) is 1. The lowest BCUT2D eigenvalue weighted by Crippen LogP contribution is -2.28. The number of aromatic nitrogens is 1. The Bertz CT molecular complexity index is 999. The molecule has 144 valence electrons. The van der Waals surface area contributed by atoms with Gasteiger partial charge in [-0.05, 0) is 36.8 Å². The van der Waals surface area contributed by atoms with Gasteiger partial charge in [0.1, 0.15) is 0 Å². The number of rotatable bonds is 6. The van der Waals surface area contributed by atoms with Crippen molar-refractivity contribution in [1.82, 2.24) is 10.3 Å². The molecular formula is C19H17N3O5S. The van der Waals surface area contributed by atoms with E-state index in [9.17, 15) is 9.59 Å². The van der Waals surface area contributed by atoms with E-state index in [1.807, 2.05) is 25.1 Å². The molecule has 1 atom stereocenters. The number of hydrogen-bond donors (Lipinski definition) is 2. The lowest BCUT2D eigenvalue weighted by molar-refractivity contribution is -0.121. The van der Waals surface area contributed by atoms with Crippen LogP contribution in [0.2, 0.25) is 0 Å². The average Bonchev–Trinajstić information content (AvgIpc) is 3.42. The minimum atomic E-state index is -0.383. The standard InChI is InChI=1S/C19H17N3O5S/c1-11(12-4-5-14-16(7-12)27-10-26-14)20-17(23)8-13-9-28-19(21-13)22-18(24)15-3-2-6-25-15/h2-7,9,11H,8,10H2,1H3,(H,20,23)(H,21,22,24)/t11-/m1/s1. The zero-order valence-corrected chi connectivity index (χ0v) is 15.7. The van der Waals surface area contributed by atoms with Gasteiger partial charge in [0.25, 0.3) is 5.91 Å². The molecule has 2 amide bonds. The first-order chi connectivity index (χ1) is 13.6. The number of hydrogen-bond acceptors (Lipinski definition) is 7. The van der Waals surface area contributed by atoms with Gasteiger partial charge in [0.05, 0.1) is 24.4 Å². The maximum atomic E-state index is 12.3. The van der Waals surface area contributed by atoms with Crippen molar-refractivity contribution in [3.05, 3.63) is 59.0 Å². The molecule has 2 aromatic heterocycles. The largest absolute Gasteiger partial charge is 0.459 e. The second-order valence-electron chi connectivity index (χ2n) is 6.15. The van der Waals surface area contributed by atoms with Crippen LogP contribution in [0.4, 0.5) is 5.13 Å². The van der Waals surface area contributed by atoms with Gasteiger partial charge in [-0.15, -0.1) is 11.3 Å². The van der Waals surface area contributed by atoms with Gasteiger partial charge in [-0.2, -0.15) is 0 Å². The molecule has 0 radical (unpaired) electrons. The lowest BCUT2D eigenvalue weighted by Gasteiger charge is -2.14. The van der Waals surface area contributed by atoms with Crippen molar-refractivity contribution in [3.63, 3.8) is 0 Å². The second-order valence-corrected chi connectivity index (χ2v) is 7.01. The van der Waals surface area contributed by atoms with Crippen LogP contribution in [0.5, 0.6) is 11.5 Å². The smallest absolute Gasteiger partial charge is 0.293 e. The summed E-state index contributed by atoms with van der Waals surface area (Å²) in [6, 6.07) is 8.58. The van der Waals surface area contributed by atoms with E-state index in [2.05, 4.69) is 15.6 Å². The summed E-state index contributed by atoms with van der Waals surface area (Å²) in [4.78, 5) is 28.6. The van der Waals surface area contributed by atoms with E-state index in [-0.39, 0.29) is 36.8 Å². The molecule has 3 aromatic rings. The maximum absolute atomic E-state index is 12.3. The first-order valence-electron chi connectivity index (χ1n) is 8.56. The van der Waals surface area contributed by atoms with Crippen LogP contribution in [0.15, 0.2) is 46.4 Å². The fourth-order valence-electron chi connectivity index (χ4n) is 2.73. The summed E-state index contributed by atoms with van der Waals surface area (Å²) in [7, 11) is 0. The van der Waals surface area contributed by atoms with Crippen molar-refractivity contribution < 1.29 is 23.5 Å². The predicted molar refractivity (Wildman–Crippen MR) is 102 cm³/mol. The molecule has 1 aromatic carbocycles. The summed E-state index contributed by atoms with van der Waals surface area (Å²) >= 11 is 1.25. The zero-order valence-electron chi connectivity index (χ0n) is 14.9. The third kappa shape index (κ3) is 3.99. The number of anilines is 1. The molecule has 1 aliphatic rings. The monoisotopic (exact) mass is 399 g/mol. The van der Waals surface area contributed by atoms with Crippen LogP contribution in [-0.2, 0) is 11.2 Å². The molecule has 3 heterocycles. The molecule has 8 nitrogen and oxygen atoms in total. The van der Waals surface area contributed by atoms with Gasteiger partial charge in [-0.3, -0.25) is 14.9 Å². The summed E-state index contributed by atoms with van der Waals surface area (Å²) < 4.78 is 15.7. The molecule has 0 fully saturated rings. The molecule has 4 rings (SSSR count). The first kappa shape index (κ1) is 18.1. The molecule has 2 N–H and O–H groups in total. The van der Waals surface area contributed by atoms with Crippen molar-refractivity contribution in [1.29, 1.82) is 0 Å². The summed E-state index contributed by atoms with van der Waals surface area (Å²) in [5, 5.41) is 7.73. The molecule has 0 saturated carbocycles. The van der Waals surface area contributed by atoms with E-state index >= 15 is 0 Å². The zero-order chi connectivity index (χ0) is 19.5. The highest BCUT2D eigenvalue weighted by Gasteiger charge is 2.18. The number of amides is 2. The van der Waals surface area contributed by atoms with Gasteiger partial charge in [0.2, 0.25) is 12.7 Å². The van der Waals surface area contributed by atoms with Gasteiger partial charge in [-0.1, -0.05) is 6.07 Å². The Labute approximate surface area is 164 Å². The molecule has 0 bridgehead atoms. The van der Waals surface area contributed by atoms with Crippen molar-refractivity contribution >= 4 is 28.3 Å². The lowest BCUT2D eigenvalue weighted by atomic mass is 10.1. The van der Waals surface area contributed by atoms with Crippen LogP contribution < -0.4 is 20.1 Å². The number of ether oxygens (including phenoxy) is 2. The Morgan fingerprint density at radius 3 is 2.93 bits per heavy atom. The molecule has 1 aliphatic heterocycles. The van der Waals surface area contributed by atoms with Crippen LogP contribution in [0, 0.1) is 0 Å². The maximum Gasteiger partial charge on any atom is 0.293 e. The summed E-state index contributed by atoms with van der Waals surface area (Å²) in [5.74, 6) is 1.03.